The van der Waals surface area contributed by atoms with E-state index in [1.54, 1.807) is 13.8 Å². The molecule has 0 radical (unpaired) electrons. The van der Waals surface area contributed by atoms with E-state index in [4.69, 9.17) is 14.2 Å². The van der Waals surface area contributed by atoms with Gasteiger partial charge < -0.3 is 19.3 Å². The van der Waals surface area contributed by atoms with Gasteiger partial charge in [0.25, 0.3) is 0 Å². The fourth-order valence-corrected chi connectivity index (χ4v) is 3.20. The zero-order valence-corrected chi connectivity index (χ0v) is 12.0. The minimum atomic E-state index is -1.24. The molecule has 1 heterocycles. The van der Waals surface area contributed by atoms with Crippen molar-refractivity contribution < 1.29 is 28.9 Å². The summed E-state index contributed by atoms with van der Waals surface area (Å²) in [6, 6.07) is 0. The van der Waals surface area contributed by atoms with Gasteiger partial charge in [0.05, 0.1) is 31.8 Å². The molecular formula is C14H22O6. The van der Waals surface area contributed by atoms with Gasteiger partial charge in [-0.2, -0.15) is 0 Å². The van der Waals surface area contributed by atoms with Crippen molar-refractivity contribution in [3.8, 4) is 0 Å². The van der Waals surface area contributed by atoms with Gasteiger partial charge >= 0.3 is 11.9 Å². The largest absolute Gasteiger partial charge is 0.466 e. The highest BCUT2D eigenvalue weighted by Crippen LogP contribution is 2.46. The summed E-state index contributed by atoms with van der Waals surface area (Å²) in [6.45, 7) is 3.94. The van der Waals surface area contributed by atoms with E-state index in [-0.39, 0.29) is 37.8 Å². The Balaban J connectivity index is 2.10. The molecule has 1 saturated heterocycles. The van der Waals surface area contributed by atoms with Gasteiger partial charge in [0.15, 0.2) is 5.60 Å². The molecule has 0 aromatic rings. The maximum Gasteiger partial charge on any atom is 0.339 e. The number of hydrogen-bond donors (Lipinski definition) is 1. The quantitative estimate of drug-likeness (QED) is 0.753. The summed E-state index contributed by atoms with van der Waals surface area (Å²) in [5.41, 5.74) is -1.24. The van der Waals surface area contributed by atoms with E-state index in [0.29, 0.717) is 19.3 Å². The van der Waals surface area contributed by atoms with E-state index in [0.717, 1.165) is 0 Å². The molecule has 1 N–H and O–H groups in total. The van der Waals surface area contributed by atoms with Gasteiger partial charge in [0.2, 0.25) is 0 Å². The lowest BCUT2D eigenvalue weighted by Crippen LogP contribution is -2.43. The van der Waals surface area contributed by atoms with Gasteiger partial charge in [-0.15, -0.1) is 0 Å². The molecule has 0 bridgehead atoms. The second-order valence-electron chi connectivity index (χ2n) is 5.44. The van der Waals surface area contributed by atoms with Crippen molar-refractivity contribution in [1.29, 1.82) is 0 Å². The second-order valence-corrected chi connectivity index (χ2v) is 5.44. The fourth-order valence-electron chi connectivity index (χ4n) is 3.20. The molecule has 4 atom stereocenters. The molecule has 0 aromatic heterocycles. The topological polar surface area (TPSA) is 82.1 Å². The van der Waals surface area contributed by atoms with Gasteiger partial charge in [-0.3, -0.25) is 4.79 Å². The number of esters is 2. The average molecular weight is 286 g/mol. The Labute approximate surface area is 118 Å². The highest BCUT2D eigenvalue weighted by molar-refractivity contribution is 5.86. The van der Waals surface area contributed by atoms with E-state index in [1.807, 2.05) is 0 Å². The Bertz CT molecular complexity index is 366. The summed E-state index contributed by atoms with van der Waals surface area (Å²) >= 11 is 0. The molecule has 20 heavy (non-hydrogen) atoms. The second kappa shape index (κ2) is 6.10. The Morgan fingerprint density at radius 1 is 1.25 bits per heavy atom. The number of rotatable bonds is 5. The molecule has 0 amide bonds. The number of aliphatic hydroxyl groups excluding tert-OH is 1. The SMILES string of the molecule is CCOC(=O)C[C@@]1(C(=O)OCC)C[C@@H]2C[C@H](O)C[C@@H]2O1. The fraction of sp³-hybridized carbons (Fsp3) is 0.857. The van der Waals surface area contributed by atoms with E-state index in [1.165, 1.54) is 0 Å². The lowest BCUT2D eigenvalue weighted by Gasteiger charge is -2.26. The zero-order chi connectivity index (χ0) is 14.8. The zero-order valence-electron chi connectivity index (χ0n) is 12.0. The van der Waals surface area contributed by atoms with Crippen LogP contribution in [0.5, 0.6) is 0 Å². The van der Waals surface area contributed by atoms with Crippen LogP contribution in [0.2, 0.25) is 0 Å². The van der Waals surface area contributed by atoms with E-state index in [9.17, 15) is 14.7 Å². The number of aliphatic hydroxyl groups is 1. The average Bonchev–Trinajstić information content (AvgIpc) is 2.84. The molecule has 0 unspecified atom stereocenters. The molecule has 6 heteroatoms. The number of fused-ring (bicyclic) bond motifs is 1. The van der Waals surface area contributed by atoms with Crippen LogP contribution in [0, 0.1) is 5.92 Å². The van der Waals surface area contributed by atoms with Crippen LogP contribution in [0.25, 0.3) is 0 Å². The Morgan fingerprint density at radius 3 is 2.55 bits per heavy atom. The highest BCUT2D eigenvalue weighted by atomic mass is 16.6. The Hall–Kier alpha value is -1.14. The van der Waals surface area contributed by atoms with Crippen LogP contribution in [0.15, 0.2) is 0 Å². The van der Waals surface area contributed by atoms with E-state index >= 15 is 0 Å². The third-order valence-electron chi connectivity index (χ3n) is 3.96. The maximum atomic E-state index is 12.2. The summed E-state index contributed by atoms with van der Waals surface area (Å²) in [7, 11) is 0. The standard InChI is InChI=1S/C14H22O6/c1-3-18-12(16)8-14(13(17)19-4-2)7-9-5-10(15)6-11(9)20-14/h9-11,15H,3-8H2,1-2H3/t9-,10-,11-,14+/m0/s1. The Morgan fingerprint density at radius 2 is 1.95 bits per heavy atom. The molecule has 1 aliphatic carbocycles. The summed E-state index contributed by atoms with van der Waals surface area (Å²) in [6.07, 6.45) is 0.843. The number of hydrogen-bond acceptors (Lipinski definition) is 6. The predicted octanol–water partition coefficient (Wildman–Crippen LogP) is 0.801. The van der Waals surface area contributed by atoms with Crippen molar-refractivity contribution in [2.24, 2.45) is 5.92 Å². The first-order valence-corrected chi connectivity index (χ1v) is 7.19. The molecule has 0 spiro atoms. The van der Waals surface area contributed by atoms with Gasteiger partial charge in [0.1, 0.15) is 0 Å². The summed E-state index contributed by atoms with van der Waals surface area (Å²) in [5.74, 6) is -0.859. The van der Waals surface area contributed by atoms with E-state index < -0.39 is 17.5 Å². The molecule has 2 aliphatic rings. The van der Waals surface area contributed by atoms with Crippen LogP contribution >= 0.6 is 0 Å². The van der Waals surface area contributed by atoms with Crippen molar-refractivity contribution in [3.63, 3.8) is 0 Å². The summed E-state index contributed by atoms with van der Waals surface area (Å²) in [5, 5.41) is 9.63. The summed E-state index contributed by atoms with van der Waals surface area (Å²) in [4.78, 5) is 23.9. The van der Waals surface area contributed by atoms with Crippen LogP contribution in [-0.4, -0.2) is 48.1 Å². The smallest absolute Gasteiger partial charge is 0.339 e. The van der Waals surface area contributed by atoms with Crippen molar-refractivity contribution in [3.05, 3.63) is 0 Å². The monoisotopic (exact) mass is 286 g/mol. The predicted molar refractivity (Wildman–Crippen MR) is 68.8 cm³/mol. The van der Waals surface area contributed by atoms with Crippen molar-refractivity contribution in [2.45, 2.75) is 57.3 Å². The normalized spacial score (nSPS) is 35.6. The first-order valence-electron chi connectivity index (χ1n) is 7.19. The highest BCUT2D eigenvalue weighted by Gasteiger charge is 2.56. The molecule has 114 valence electrons. The molecule has 6 nitrogen and oxygen atoms in total. The lowest BCUT2D eigenvalue weighted by atomic mass is 9.89. The molecule has 2 fully saturated rings. The minimum Gasteiger partial charge on any atom is -0.466 e. The molecular weight excluding hydrogens is 264 g/mol. The van der Waals surface area contributed by atoms with Gasteiger partial charge in [-0.1, -0.05) is 0 Å². The van der Waals surface area contributed by atoms with Crippen LogP contribution in [-0.2, 0) is 23.8 Å². The third-order valence-corrected chi connectivity index (χ3v) is 3.96. The van der Waals surface area contributed by atoms with Crippen molar-refractivity contribution >= 4 is 11.9 Å². The van der Waals surface area contributed by atoms with Gasteiger partial charge in [-0.25, -0.2) is 4.79 Å². The first kappa shape index (κ1) is 15.3. The molecule has 0 aromatic carbocycles. The van der Waals surface area contributed by atoms with Crippen molar-refractivity contribution in [1.82, 2.24) is 0 Å². The van der Waals surface area contributed by atoms with Crippen LogP contribution in [0.4, 0.5) is 0 Å². The third kappa shape index (κ3) is 2.96. The number of carbonyl (C=O) groups excluding carboxylic acids is 2. The van der Waals surface area contributed by atoms with Crippen LogP contribution in [0.3, 0.4) is 0 Å². The van der Waals surface area contributed by atoms with Gasteiger partial charge in [-0.05, 0) is 39.0 Å². The maximum absolute atomic E-state index is 12.2. The molecule has 1 aliphatic heterocycles. The summed E-state index contributed by atoms with van der Waals surface area (Å²) < 4.78 is 15.8. The van der Waals surface area contributed by atoms with Crippen LogP contribution < -0.4 is 0 Å². The molecule has 1 saturated carbocycles. The van der Waals surface area contributed by atoms with Gasteiger partial charge in [0, 0.05) is 0 Å². The van der Waals surface area contributed by atoms with Crippen molar-refractivity contribution in [2.75, 3.05) is 13.2 Å². The first-order chi connectivity index (χ1) is 9.50. The van der Waals surface area contributed by atoms with Crippen LogP contribution in [0.1, 0.15) is 39.5 Å². The lowest BCUT2D eigenvalue weighted by molar-refractivity contribution is -0.178. The number of ether oxygens (including phenoxy) is 3. The minimum absolute atomic E-state index is 0.101. The Kier molecular flexibility index (Phi) is 4.65. The van der Waals surface area contributed by atoms with E-state index in [2.05, 4.69) is 0 Å². The number of carbonyl (C=O) groups is 2. The molecule has 2 rings (SSSR count).